The maximum Gasteiger partial charge on any atom is 0.416 e. The van der Waals surface area contributed by atoms with Crippen molar-refractivity contribution in [2.45, 2.75) is 36.9 Å². The van der Waals surface area contributed by atoms with Crippen molar-refractivity contribution < 1.29 is 42.1 Å². The van der Waals surface area contributed by atoms with Crippen LogP contribution >= 0.6 is 0 Å². The van der Waals surface area contributed by atoms with Gasteiger partial charge in [0.2, 0.25) is 5.91 Å². The van der Waals surface area contributed by atoms with Crippen molar-refractivity contribution >= 4 is 11.8 Å². The Balaban J connectivity index is 1.58. The molecule has 2 amide bonds. The molecule has 0 fully saturated rings. The van der Waals surface area contributed by atoms with Gasteiger partial charge < -0.3 is 25.2 Å². The topological polar surface area (TPSA) is 99.1 Å². The molecular weight excluding hydrogens is 544 g/mol. The van der Waals surface area contributed by atoms with Crippen molar-refractivity contribution in [2.75, 3.05) is 13.2 Å². The molecule has 2 aliphatic rings. The second kappa shape index (κ2) is 11.3. The molecule has 0 bridgehead atoms. The van der Waals surface area contributed by atoms with E-state index in [2.05, 4.69) is 5.32 Å². The molecule has 0 spiro atoms. The molecule has 41 heavy (non-hydrogen) atoms. The highest BCUT2D eigenvalue weighted by Crippen LogP contribution is 2.47. The number of benzene rings is 3. The van der Waals surface area contributed by atoms with Gasteiger partial charge in [0, 0.05) is 29.8 Å². The second-order valence-electron chi connectivity index (χ2n) is 9.82. The molecule has 1 aliphatic heterocycles. The van der Waals surface area contributed by atoms with Gasteiger partial charge in [-0.3, -0.25) is 9.59 Å². The molecule has 3 aromatic carbocycles. The fraction of sp³-hybridized carbons (Fsp3) is 0.267. The van der Waals surface area contributed by atoms with Crippen LogP contribution in [0.3, 0.4) is 0 Å². The molecule has 1 aliphatic carbocycles. The maximum absolute atomic E-state index is 13.8. The summed E-state index contributed by atoms with van der Waals surface area (Å²) in [6, 6.07) is 14.8. The van der Waals surface area contributed by atoms with E-state index < -0.39 is 53.5 Å². The van der Waals surface area contributed by atoms with Crippen LogP contribution in [0, 0.1) is 5.82 Å². The number of nitrogens with zero attached hydrogens (tertiary/aromatic N) is 1. The summed E-state index contributed by atoms with van der Waals surface area (Å²) in [7, 11) is 0. The zero-order valence-electron chi connectivity index (χ0n) is 21.5. The number of amides is 2. The Bertz CT molecular complexity index is 1460. The summed E-state index contributed by atoms with van der Waals surface area (Å²) in [5.41, 5.74) is 0.341. The van der Waals surface area contributed by atoms with Crippen molar-refractivity contribution in [3.05, 3.63) is 113 Å². The van der Waals surface area contributed by atoms with E-state index in [0.29, 0.717) is 16.9 Å². The number of halogens is 4. The summed E-state index contributed by atoms with van der Waals surface area (Å²) in [5, 5.41) is 23.4. The first-order valence-electron chi connectivity index (χ1n) is 12.9. The molecule has 4 unspecified atom stereocenters. The Kier molecular flexibility index (Phi) is 7.83. The predicted molar refractivity (Wildman–Crippen MR) is 139 cm³/mol. The van der Waals surface area contributed by atoms with E-state index in [1.54, 1.807) is 24.3 Å². The average molecular weight is 571 g/mol. The molecule has 214 valence electrons. The Labute approximate surface area is 232 Å². The predicted octanol–water partition coefficient (Wildman–Crippen LogP) is 3.81. The van der Waals surface area contributed by atoms with E-state index in [-0.39, 0.29) is 30.8 Å². The average Bonchev–Trinajstić information content (AvgIpc) is 3.36. The first-order chi connectivity index (χ1) is 19.6. The molecule has 5 rings (SSSR count). The third kappa shape index (κ3) is 5.68. The second-order valence-corrected chi connectivity index (χ2v) is 9.82. The number of aliphatic hydroxyl groups is 2. The number of alkyl halides is 3. The molecule has 0 saturated heterocycles. The van der Waals surface area contributed by atoms with Crippen LogP contribution in [0.2, 0.25) is 0 Å². The molecule has 1 heterocycles. The van der Waals surface area contributed by atoms with E-state index in [9.17, 15) is 37.4 Å². The molecule has 3 aromatic rings. The highest BCUT2D eigenvalue weighted by atomic mass is 19.4. The molecular formula is C30H26F4N2O5. The summed E-state index contributed by atoms with van der Waals surface area (Å²) in [6.45, 7) is -0.503. The summed E-state index contributed by atoms with van der Waals surface area (Å²) >= 11 is 0. The monoisotopic (exact) mass is 570 g/mol. The first-order valence-corrected chi connectivity index (χ1v) is 12.9. The van der Waals surface area contributed by atoms with Crippen LogP contribution in [0.4, 0.5) is 17.6 Å². The summed E-state index contributed by atoms with van der Waals surface area (Å²) in [5.74, 6) is -1.97. The molecule has 0 radical (unpaired) electrons. The summed E-state index contributed by atoms with van der Waals surface area (Å²) in [6.07, 6.45) is -5.46. The number of aliphatic hydroxyl groups excluding tert-OH is 2. The van der Waals surface area contributed by atoms with Crippen LogP contribution in [-0.2, 0) is 17.5 Å². The van der Waals surface area contributed by atoms with Crippen LogP contribution in [-0.4, -0.2) is 58.3 Å². The highest BCUT2D eigenvalue weighted by Gasteiger charge is 2.50. The molecule has 11 heteroatoms. The molecule has 0 aromatic heterocycles. The Morgan fingerprint density at radius 1 is 0.976 bits per heavy atom. The lowest BCUT2D eigenvalue weighted by molar-refractivity contribution is -0.137. The number of carbonyl (C=O) groups is 2. The van der Waals surface area contributed by atoms with Gasteiger partial charge in [-0.05, 0) is 54.1 Å². The number of rotatable bonds is 7. The van der Waals surface area contributed by atoms with Crippen LogP contribution in [0.5, 0.6) is 5.75 Å². The van der Waals surface area contributed by atoms with Crippen molar-refractivity contribution in [3.63, 3.8) is 0 Å². The van der Waals surface area contributed by atoms with Gasteiger partial charge in [0.15, 0.2) is 0 Å². The minimum Gasteiger partial charge on any atom is -0.486 e. The lowest BCUT2D eigenvalue weighted by Crippen LogP contribution is -2.55. The molecule has 0 saturated carbocycles. The molecule has 7 nitrogen and oxygen atoms in total. The van der Waals surface area contributed by atoms with Crippen LogP contribution in [0.1, 0.15) is 33.0 Å². The number of ether oxygens (including phenoxy) is 1. The Hall–Kier alpha value is -4.22. The third-order valence-corrected chi connectivity index (χ3v) is 7.22. The minimum absolute atomic E-state index is 0.0347. The van der Waals surface area contributed by atoms with Gasteiger partial charge in [-0.15, -0.1) is 0 Å². The Morgan fingerprint density at radius 3 is 2.32 bits per heavy atom. The largest absolute Gasteiger partial charge is 0.486 e. The first kappa shape index (κ1) is 28.3. The standard InChI is InChI=1S/C30H26F4N2O5/c31-20-11-5-17(6-12-20)16-36(29(40)18-7-9-19(10-8-18)30(32,33)34)23-15-22(28(39)35-13-14-37)25-21-3-1-2-4-24(21)41-27(25)26(23)38/h1-12,15,23,25-27,37-38H,13-14,16H2,(H,35,39). The van der Waals surface area contributed by atoms with Gasteiger partial charge >= 0.3 is 6.18 Å². The van der Waals surface area contributed by atoms with Gasteiger partial charge in [0.1, 0.15) is 23.8 Å². The molecule has 3 N–H and O–H groups in total. The van der Waals surface area contributed by atoms with Crippen molar-refractivity contribution in [1.82, 2.24) is 10.2 Å². The number of hydrogen-bond donors (Lipinski definition) is 3. The number of carbonyl (C=O) groups excluding carboxylic acids is 2. The number of fused-ring (bicyclic) bond motifs is 3. The van der Waals surface area contributed by atoms with Crippen molar-refractivity contribution in [1.29, 1.82) is 0 Å². The van der Waals surface area contributed by atoms with E-state index in [1.165, 1.54) is 35.2 Å². The zero-order chi connectivity index (χ0) is 29.3. The van der Waals surface area contributed by atoms with Gasteiger partial charge in [-0.25, -0.2) is 4.39 Å². The number of hydrogen-bond acceptors (Lipinski definition) is 5. The fourth-order valence-electron chi connectivity index (χ4n) is 5.26. The summed E-state index contributed by atoms with van der Waals surface area (Å²) < 4.78 is 59.1. The van der Waals surface area contributed by atoms with Gasteiger partial charge in [-0.2, -0.15) is 13.2 Å². The highest BCUT2D eigenvalue weighted by molar-refractivity contribution is 5.97. The fourth-order valence-corrected chi connectivity index (χ4v) is 5.26. The van der Waals surface area contributed by atoms with E-state index >= 15 is 0 Å². The van der Waals surface area contributed by atoms with Crippen LogP contribution in [0.25, 0.3) is 0 Å². The quantitative estimate of drug-likeness (QED) is 0.376. The van der Waals surface area contributed by atoms with E-state index in [0.717, 1.165) is 24.3 Å². The van der Waals surface area contributed by atoms with Crippen molar-refractivity contribution in [3.8, 4) is 5.75 Å². The Morgan fingerprint density at radius 2 is 1.66 bits per heavy atom. The lowest BCUT2D eigenvalue weighted by atomic mass is 9.77. The van der Waals surface area contributed by atoms with Crippen molar-refractivity contribution in [2.24, 2.45) is 0 Å². The summed E-state index contributed by atoms with van der Waals surface area (Å²) in [4.78, 5) is 28.3. The zero-order valence-corrected chi connectivity index (χ0v) is 21.5. The number of para-hydroxylation sites is 1. The smallest absolute Gasteiger partial charge is 0.416 e. The molecule has 4 atom stereocenters. The van der Waals surface area contributed by atoms with E-state index in [4.69, 9.17) is 4.74 Å². The van der Waals surface area contributed by atoms with Gasteiger partial charge in [-0.1, -0.05) is 30.3 Å². The normalized spacial score (nSPS) is 21.3. The lowest BCUT2D eigenvalue weighted by Gasteiger charge is -2.40. The van der Waals surface area contributed by atoms with Gasteiger partial charge in [0.25, 0.3) is 5.91 Å². The van der Waals surface area contributed by atoms with E-state index in [1.807, 2.05) is 0 Å². The number of nitrogens with one attached hydrogen (secondary N) is 1. The van der Waals surface area contributed by atoms with Crippen LogP contribution < -0.4 is 10.1 Å². The third-order valence-electron chi connectivity index (χ3n) is 7.22. The SMILES string of the molecule is O=C(NCCO)C1=CC(N(Cc2ccc(F)cc2)C(=O)c2ccc(C(F)(F)F)cc2)C(O)C2Oc3ccccc3C12. The van der Waals surface area contributed by atoms with Crippen LogP contribution in [0.15, 0.2) is 84.4 Å². The maximum atomic E-state index is 13.8. The van der Waals surface area contributed by atoms with Gasteiger partial charge in [0.05, 0.1) is 24.1 Å². The minimum atomic E-state index is -4.60.